The van der Waals surface area contributed by atoms with E-state index in [2.05, 4.69) is 21.2 Å². The zero-order chi connectivity index (χ0) is 14.7. The van der Waals surface area contributed by atoms with Crippen LogP contribution in [0.3, 0.4) is 0 Å². The summed E-state index contributed by atoms with van der Waals surface area (Å²) in [5, 5.41) is 12.4. The lowest BCUT2D eigenvalue weighted by Gasteiger charge is -2.24. The summed E-state index contributed by atoms with van der Waals surface area (Å²) >= 11 is 9.26. The Morgan fingerprint density at radius 3 is 2.55 bits per heavy atom. The van der Waals surface area contributed by atoms with Crippen LogP contribution >= 0.6 is 27.5 Å². The van der Waals surface area contributed by atoms with Gasteiger partial charge in [0, 0.05) is 0 Å². The topological polar surface area (TPSA) is 66.4 Å². The number of allylic oxidation sites excluding steroid dienone is 2. The quantitative estimate of drug-likeness (QED) is 0.810. The SMILES string of the molecule is O=C(O)C1CC=CCC1C(=O)Nc1cccc(Cl)c1Br. The van der Waals surface area contributed by atoms with Gasteiger partial charge in [0.25, 0.3) is 0 Å². The van der Waals surface area contributed by atoms with Gasteiger partial charge in [0.05, 0.1) is 27.0 Å². The monoisotopic (exact) mass is 357 g/mol. The molecule has 0 fully saturated rings. The third-order valence-corrected chi connectivity index (χ3v) is 4.69. The molecule has 2 unspecified atom stereocenters. The Kier molecular flexibility index (Phi) is 4.83. The molecular formula is C14H13BrClNO3. The van der Waals surface area contributed by atoms with Crippen molar-refractivity contribution in [3.05, 3.63) is 39.8 Å². The van der Waals surface area contributed by atoms with Crippen LogP contribution < -0.4 is 5.32 Å². The summed E-state index contributed by atoms with van der Waals surface area (Å²) in [5.41, 5.74) is 0.543. The van der Waals surface area contributed by atoms with Crippen LogP contribution in [0.25, 0.3) is 0 Å². The van der Waals surface area contributed by atoms with E-state index in [0.29, 0.717) is 28.0 Å². The predicted molar refractivity (Wildman–Crippen MR) is 80.8 cm³/mol. The maximum absolute atomic E-state index is 12.3. The second-order valence-corrected chi connectivity index (χ2v) is 5.78. The first kappa shape index (κ1) is 15.1. The van der Waals surface area contributed by atoms with Crippen molar-refractivity contribution in [1.82, 2.24) is 0 Å². The Balaban J connectivity index is 2.17. The van der Waals surface area contributed by atoms with Gasteiger partial charge in [-0.2, -0.15) is 0 Å². The Bertz CT molecular complexity index is 574. The smallest absolute Gasteiger partial charge is 0.307 e. The van der Waals surface area contributed by atoms with Gasteiger partial charge in [0.1, 0.15) is 0 Å². The molecule has 106 valence electrons. The Labute approximate surface area is 129 Å². The number of hydrogen-bond donors (Lipinski definition) is 2. The highest BCUT2D eigenvalue weighted by molar-refractivity contribution is 9.10. The highest BCUT2D eigenvalue weighted by Gasteiger charge is 2.34. The maximum Gasteiger partial charge on any atom is 0.307 e. The molecule has 2 atom stereocenters. The number of carboxylic acids is 1. The fourth-order valence-corrected chi connectivity index (χ4v) is 2.74. The minimum atomic E-state index is -0.945. The van der Waals surface area contributed by atoms with Crippen LogP contribution in [0.1, 0.15) is 12.8 Å². The average Bonchev–Trinajstić information content (AvgIpc) is 2.43. The number of anilines is 1. The lowest BCUT2D eigenvalue weighted by molar-refractivity contribution is -0.146. The van der Waals surface area contributed by atoms with Gasteiger partial charge in [-0.15, -0.1) is 0 Å². The number of rotatable bonds is 3. The van der Waals surface area contributed by atoms with Crippen LogP contribution in [-0.2, 0) is 9.59 Å². The first-order chi connectivity index (χ1) is 9.50. The molecule has 2 N–H and O–H groups in total. The molecule has 0 aliphatic heterocycles. The van der Waals surface area contributed by atoms with E-state index >= 15 is 0 Å². The zero-order valence-electron chi connectivity index (χ0n) is 10.5. The highest BCUT2D eigenvalue weighted by atomic mass is 79.9. The van der Waals surface area contributed by atoms with Crippen LogP contribution in [0.15, 0.2) is 34.8 Å². The molecule has 0 saturated carbocycles. The molecule has 4 nitrogen and oxygen atoms in total. The number of hydrogen-bond acceptors (Lipinski definition) is 2. The normalized spacial score (nSPS) is 21.5. The van der Waals surface area contributed by atoms with Gasteiger partial charge in [0.2, 0.25) is 5.91 Å². The van der Waals surface area contributed by atoms with Crippen molar-refractivity contribution in [3.63, 3.8) is 0 Å². The number of carbonyl (C=O) groups is 2. The molecule has 0 spiro atoms. The van der Waals surface area contributed by atoms with Crippen LogP contribution in [0.5, 0.6) is 0 Å². The second kappa shape index (κ2) is 6.41. The number of benzene rings is 1. The molecule has 0 bridgehead atoms. The van der Waals surface area contributed by atoms with Gasteiger partial charge in [-0.25, -0.2) is 0 Å². The van der Waals surface area contributed by atoms with E-state index in [-0.39, 0.29) is 5.91 Å². The molecule has 20 heavy (non-hydrogen) atoms. The van der Waals surface area contributed by atoms with E-state index < -0.39 is 17.8 Å². The number of carbonyl (C=O) groups excluding carboxylic acids is 1. The summed E-state index contributed by atoms with van der Waals surface area (Å²) in [5.74, 6) is -2.49. The van der Waals surface area contributed by atoms with Crippen molar-refractivity contribution >= 4 is 45.1 Å². The highest BCUT2D eigenvalue weighted by Crippen LogP contribution is 2.32. The summed E-state index contributed by atoms with van der Waals surface area (Å²) in [6.07, 6.45) is 4.46. The van der Waals surface area contributed by atoms with E-state index in [1.165, 1.54) is 0 Å². The Hall–Kier alpha value is -1.33. The van der Waals surface area contributed by atoms with E-state index in [4.69, 9.17) is 11.6 Å². The number of halogens is 2. The number of aliphatic carboxylic acids is 1. The molecule has 0 radical (unpaired) electrons. The summed E-state index contributed by atoms with van der Waals surface area (Å²) in [6.45, 7) is 0. The first-order valence-corrected chi connectivity index (χ1v) is 7.30. The van der Waals surface area contributed by atoms with Crippen molar-refractivity contribution < 1.29 is 14.7 Å². The van der Waals surface area contributed by atoms with Gasteiger partial charge >= 0.3 is 5.97 Å². The van der Waals surface area contributed by atoms with Crippen molar-refractivity contribution in [1.29, 1.82) is 0 Å². The van der Waals surface area contributed by atoms with Crippen LogP contribution in [0, 0.1) is 11.8 Å². The molecule has 0 aromatic heterocycles. The third-order valence-electron chi connectivity index (χ3n) is 3.30. The van der Waals surface area contributed by atoms with Crippen LogP contribution in [0.2, 0.25) is 5.02 Å². The third kappa shape index (κ3) is 3.22. The molecule has 1 amide bonds. The fraction of sp³-hybridized carbons (Fsp3) is 0.286. The molecule has 1 aliphatic carbocycles. The molecule has 0 saturated heterocycles. The summed E-state index contributed by atoms with van der Waals surface area (Å²) in [6, 6.07) is 5.13. The van der Waals surface area contributed by atoms with E-state index in [1.807, 2.05) is 6.08 Å². The average molecular weight is 359 g/mol. The summed E-state index contributed by atoms with van der Waals surface area (Å²) in [4.78, 5) is 23.5. The number of nitrogens with one attached hydrogen (secondary N) is 1. The molecule has 1 aromatic rings. The van der Waals surface area contributed by atoms with Crippen molar-refractivity contribution in [3.8, 4) is 0 Å². The van der Waals surface area contributed by atoms with Gasteiger partial charge in [-0.3, -0.25) is 9.59 Å². The lowest BCUT2D eigenvalue weighted by Crippen LogP contribution is -2.34. The molecule has 1 aromatic carbocycles. The number of carboxylic acid groups (broad SMARTS) is 1. The van der Waals surface area contributed by atoms with Gasteiger partial charge in [-0.05, 0) is 40.9 Å². The lowest BCUT2D eigenvalue weighted by atomic mass is 9.82. The molecule has 6 heteroatoms. The molecule has 0 heterocycles. The van der Waals surface area contributed by atoms with E-state index in [9.17, 15) is 14.7 Å². The second-order valence-electron chi connectivity index (χ2n) is 4.58. The largest absolute Gasteiger partial charge is 0.481 e. The molecular weight excluding hydrogens is 346 g/mol. The molecule has 2 rings (SSSR count). The minimum Gasteiger partial charge on any atom is -0.481 e. The maximum atomic E-state index is 12.3. The van der Waals surface area contributed by atoms with Crippen molar-refractivity contribution in [2.45, 2.75) is 12.8 Å². The van der Waals surface area contributed by atoms with Crippen molar-refractivity contribution in [2.75, 3.05) is 5.32 Å². The Morgan fingerprint density at radius 1 is 1.25 bits per heavy atom. The van der Waals surface area contributed by atoms with Gasteiger partial charge in [0.15, 0.2) is 0 Å². The Morgan fingerprint density at radius 2 is 1.90 bits per heavy atom. The van der Waals surface area contributed by atoms with Crippen LogP contribution in [-0.4, -0.2) is 17.0 Å². The zero-order valence-corrected chi connectivity index (χ0v) is 12.8. The summed E-state index contributed by atoms with van der Waals surface area (Å²) < 4.78 is 0.591. The standard InChI is InChI=1S/C14H13BrClNO3/c15-12-10(16)6-3-7-11(12)17-13(18)8-4-1-2-5-9(8)14(19)20/h1-3,6-9H,4-5H2,(H,17,18)(H,19,20). The summed E-state index contributed by atoms with van der Waals surface area (Å²) in [7, 11) is 0. The first-order valence-electron chi connectivity index (χ1n) is 6.13. The minimum absolute atomic E-state index is 0.301. The van der Waals surface area contributed by atoms with Crippen LogP contribution in [0.4, 0.5) is 5.69 Å². The molecule has 1 aliphatic rings. The van der Waals surface area contributed by atoms with Gasteiger partial charge in [-0.1, -0.05) is 29.8 Å². The van der Waals surface area contributed by atoms with E-state index in [0.717, 1.165) is 0 Å². The predicted octanol–water partition coefficient (Wildman–Crippen LogP) is 3.71. The number of amides is 1. The van der Waals surface area contributed by atoms with E-state index in [1.54, 1.807) is 24.3 Å². The van der Waals surface area contributed by atoms with Gasteiger partial charge < -0.3 is 10.4 Å². The van der Waals surface area contributed by atoms with Crippen molar-refractivity contribution in [2.24, 2.45) is 11.8 Å². The fourth-order valence-electron chi connectivity index (χ4n) is 2.20.